The Kier molecular flexibility index (Phi) is 11.1. The van der Waals surface area contributed by atoms with Gasteiger partial charge in [-0.15, -0.1) is 0 Å². The summed E-state index contributed by atoms with van der Waals surface area (Å²) in [6, 6.07) is 7.04. The molecule has 2 atom stereocenters. The minimum Gasteiger partial charge on any atom is -0.390 e. The number of aliphatic hydroxyl groups is 1. The summed E-state index contributed by atoms with van der Waals surface area (Å²) < 4.78 is 27.9. The molecule has 2 aromatic carbocycles. The third kappa shape index (κ3) is 8.14. The molecule has 0 saturated heterocycles. The fraction of sp³-hybridized carbons (Fsp3) is 0.440. The largest absolute Gasteiger partial charge is 0.390 e. The Morgan fingerprint density at radius 1 is 1.00 bits per heavy atom. The molecule has 0 heterocycles. The third-order valence-electron chi connectivity index (χ3n) is 5.25. The number of hydrogen-bond donors (Lipinski definition) is 3. The summed E-state index contributed by atoms with van der Waals surface area (Å²) in [6.07, 6.45) is 0.639. The average molecular weight is 540 g/mol. The van der Waals surface area contributed by atoms with Crippen LogP contribution in [0.3, 0.4) is 0 Å². The molecule has 34 heavy (non-hydrogen) atoms. The molecule has 0 saturated carbocycles. The molecule has 0 radical (unpaired) electrons. The smallest absolute Gasteiger partial charge is 0.253 e. The van der Waals surface area contributed by atoms with E-state index >= 15 is 0 Å². The molecule has 9 heteroatoms. The number of nitrogens with zero attached hydrogens (tertiary/aromatic N) is 1. The fourth-order valence-corrected chi connectivity index (χ4v) is 4.24. The van der Waals surface area contributed by atoms with Crippen molar-refractivity contribution in [1.29, 1.82) is 0 Å². The van der Waals surface area contributed by atoms with E-state index in [1.807, 2.05) is 13.8 Å². The van der Waals surface area contributed by atoms with Crippen LogP contribution in [0.5, 0.6) is 0 Å². The fourth-order valence-electron chi connectivity index (χ4n) is 3.75. The zero-order valence-electron chi connectivity index (χ0n) is 19.7. The Morgan fingerprint density at radius 3 is 2.15 bits per heavy atom. The summed E-state index contributed by atoms with van der Waals surface area (Å²) in [7, 11) is 1.65. The molecule has 0 bridgehead atoms. The van der Waals surface area contributed by atoms with Gasteiger partial charge in [0.25, 0.3) is 11.8 Å². The molecule has 0 aliphatic carbocycles. The van der Waals surface area contributed by atoms with E-state index in [-0.39, 0.29) is 24.4 Å². The van der Waals surface area contributed by atoms with Crippen molar-refractivity contribution in [3.8, 4) is 0 Å². The minimum absolute atomic E-state index is 0.0177. The third-order valence-corrected chi connectivity index (χ3v) is 5.71. The first-order chi connectivity index (χ1) is 16.2. The highest BCUT2D eigenvalue weighted by Gasteiger charge is 2.24. The number of benzene rings is 2. The molecule has 2 aromatic rings. The molecule has 0 spiro atoms. The average Bonchev–Trinajstić information content (AvgIpc) is 2.77. The first-order valence-corrected chi connectivity index (χ1v) is 12.2. The van der Waals surface area contributed by atoms with Gasteiger partial charge in [0.05, 0.1) is 12.1 Å². The maximum atomic E-state index is 13.7. The van der Waals surface area contributed by atoms with E-state index in [0.29, 0.717) is 28.7 Å². The van der Waals surface area contributed by atoms with Crippen LogP contribution in [0.25, 0.3) is 0 Å². The van der Waals surface area contributed by atoms with Gasteiger partial charge >= 0.3 is 0 Å². The van der Waals surface area contributed by atoms with Crippen molar-refractivity contribution in [3.05, 3.63) is 69.2 Å². The summed E-state index contributed by atoms with van der Waals surface area (Å²) in [5.41, 5.74) is 0.913. The van der Waals surface area contributed by atoms with Gasteiger partial charge in [-0.05, 0) is 62.2 Å². The second kappa shape index (κ2) is 13.5. The van der Waals surface area contributed by atoms with Crippen LogP contribution in [0.1, 0.15) is 53.0 Å². The van der Waals surface area contributed by atoms with Crippen LogP contribution in [-0.2, 0) is 6.42 Å². The Balaban J connectivity index is 2.29. The SMILES string of the molecule is CCCN(CCC)C(=O)c1cc(Br)cc(C(=O)NC(Cc2cc(F)cc(F)c2)C(O)CNC)c1. The predicted molar refractivity (Wildman–Crippen MR) is 132 cm³/mol. The van der Waals surface area contributed by atoms with Gasteiger partial charge in [0.1, 0.15) is 11.6 Å². The van der Waals surface area contributed by atoms with Gasteiger partial charge < -0.3 is 20.6 Å². The number of likely N-dealkylation sites (N-methyl/N-ethyl adjacent to an activating group) is 1. The second-order valence-electron chi connectivity index (χ2n) is 8.21. The van der Waals surface area contributed by atoms with E-state index in [4.69, 9.17) is 0 Å². The van der Waals surface area contributed by atoms with Crippen molar-refractivity contribution in [2.45, 2.75) is 45.3 Å². The Labute approximate surface area is 207 Å². The number of rotatable bonds is 12. The number of amides is 2. The lowest BCUT2D eigenvalue weighted by molar-refractivity contribution is 0.0755. The molecule has 6 nitrogen and oxygen atoms in total. The molecule has 0 aliphatic rings. The topological polar surface area (TPSA) is 81.7 Å². The van der Waals surface area contributed by atoms with Crippen LogP contribution < -0.4 is 10.6 Å². The van der Waals surface area contributed by atoms with Crippen molar-refractivity contribution in [3.63, 3.8) is 0 Å². The lowest BCUT2D eigenvalue weighted by Crippen LogP contribution is -2.48. The van der Waals surface area contributed by atoms with Crippen molar-refractivity contribution < 1.29 is 23.5 Å². The van der Waals surface area contributed by atoms with Gasteiger partial charge in [0, 0.05) is 41.3 Å². The molecule has 2 unspecified atom stereocenters. The van der Waals surface area contributed by atoms with Crippen molar-refractivity contribution in [2.24, 2.45) is 0 Å². The predicted octanol–water partition coefficient (Wildman–Crippen LogP) is 3.91. The Hall–Kier alpha value is -2.36. The van der Waals surface area contributed by atoms with Gasteiger partial charge in [0.15, 0.2) is 0 Å². The van der Waals surface area contributed by atoms with Crippen LogP contribution in [-0.4, -0.2) is 60.6 Å². The van der Waals surface area contributed by atoms with Crippen LogP contribution in [0.15, 0.2) is 40.9 Å². The van der Waals surface area contributed by atoms with E-state index in [9.17, 15) is 23.5 Å². The summed E-state index contributed by atoms with van der Waals surface area (Å²) in [6.45, 7) is 5.38. The first-order valence-electron chi connectivity index (χ1n) is 11.4. The highest BCUT2D eigenvalue weighted by Crippen LogP contribution is 2.19. The molecular formula is C25H32BrF2N3O3. The van der Waals surface area contributed by atoms with Crippen molar-refractivity contribution in [1.82, 2.24) is 15.5 Å². The van der Waals surface area contributed by atoms with Crippen LogP contribution in [0.2, 0.25) is 0 Å². The van der Waals surface area contributed by atoms with Crippen LogP contribution in [0.4, 0.5) is 8.78 Å². The molecular weight excluding hydrogens is 508 g/mol. The lowest BCUT2D eigenvalue weighted by Gasteiger charge is -2.25. The standard InChI is InChI=1S/C25H32BrF2N3O3/c1-4-6-31(7-5-2)25(34)18-11-17(12-19(26)13-18)24(33)30-22(23(32)15-29-3)10-16-8-20(27)14-21(28)9-16/h8-9,11-14,22-23,29,32H,4-7,10,15H2,1-3H3,(H,30,33). The number of nitrogens with one attached hydrogen (secondary N) is 2. The Morgan fingerprint density at radius 2 is 1.59 bits per heavy atom. The van der Waals surface area contributed by atoms with E-state index in [1.165, 1.54) is 18.2 Å². The summed E-state index contributed by atoms with van der Waals surface area (Å²) >= 11 is 3.37. The molecule has 3 N–H and O–H groups in total. The number of carbonyl (C=O) groups is 2. The van der Waals surface area contributed by atoms with Crippen molar-refractivity contribution in [2.75, 3.05) is 26.7 Å². The van der Waals surface area contributed by atoms with Crippen LogP contribution >= 0.6 is 15.9 Å². The number of halogens is 3. The molecule has 186 valence electrons. The Bertz CT molecular complexity index is 964. The van der Waals surface area contributed by atoms with E-state index in [1.54, 1.807) is 24.1 Å². The van der Waals surface area contributed by atoms with E-state index in [2.05, 4.69) is 26.6 Å². The highest BCUT2D eigenvalue weighted by atomic mass is 79.9. The molecule has 2 rings (SSSR count). The summed E-state index contributed by atoms with van der Waals surface area (Å²) in [5, 5.41) is 16.1. The van der Waals surface area contributed by atoms with E-state index < -0.39 is 29.7 Å². The van der Waals surface area contributed by atoms with Gasteiger partial charge in [-0.2, -0.15) is 0 Å². The zero-order chi connectivity index (χ0) is 25.3. The number of hydrogen-bond acceptors (Lipinski definition) is 4. The van der Waals surface area contributed by atoms with Gasteiger partial charge in [-0.1, -0.05) is 29.8 Å². The monoisotopic (exact) mass is 539 g/mol. The van der Waals surface area contributed by atoms with Gasteiger partial charge in [-0.25, -0.2) is 8.78 Å². The lowest BCUT2D eigenvalue weighted by atomic mass is 10.00. The summed E-state index contributed by atoms with van der Waals surface area (Å²) in [4.78, 5) is 27.9. The molecule has 0 aliphatic heterocycles. The second-order valence-corrected chi connectivity index (χ2v) is 9.12. The highest BCUT2D eigenvalue weighted by molar-refractivity contribution is 9.10. The van der Waals surface area contributed by atoms with Gasteiger partial charge in [-0.3, -0.25) is 9.59 Å². The van der Waals surface area contributed by atoms with Gasteiger partial charge in [0.2, 0.25) is 0 Å². The number of carbonyl (C=O) groups excluding carboxylic acids is 2. The molecule has 2 amide bonds. The van der Waals surface area contributed by atoms with Crippen LogP contribution in [0, 0.1) is 11.6 Å². The quantitative estimate of drug-likeness (QED) is 0.382. The maximum absolute atomic E-state index is 13.7. The first kappa shape index (κ1) is 27.9. The summed E-state index contributed by atoms with van der Waals surface area (Å²) in [5.74, 6) is -2.14. The molecule has 0 aromatic heterocycles. The minimum atomic E-state index is -1.02. The zero-order valence-corrected chi connectivity index (χ0v) is 21.3. The van der Waals surface area contributed by atoms with E-state index in [0.717, 1.165) is 18.9 Å². The normalized spacial score (nSPS) is 12.8. The van der Waals surface area contributed by atoms with Crippen molar-refractivity contribution >= 4 is 27.7 Å². The molecule has 0 fully saturated rings. The number of aliphatic hydroxyl groups excluding tert-OH is 1. The maximum Gasteiger partial charge on any atom is 0.253 e.